The van der Waals surface area contributed by atoms with Gasteiger partial charge in [0.2, 0.25) is 5.78 Å². The van der Waals surface area contributed by atoms with Crippen molar-refractivity contribution in [3.05, 3.63) is 39.0 Å². The summed E-state index contributed by atoms with van der Waals surface area (Å²) in [5.41, 5.74) is -0.160. The molecule has 7 nitrogen and oxygen atoms in total. The zero-order valence-corrected chi connectivity index (χ0v) is 12.5. The van der Waals surface area contributed by atoms with E-state index in [0.717, 1.165) is 0 Å². The molecule has 0 saturated carbocycles. The van der Waals surface area contributed by atoms with Crippen LogP contribution in [0.25, 0.3) is 10.9 Å². The van der Waals surface area contributed by atoms with Crippen molar-refractivity contribution in [3.8, 4) is 0 Å². The van der Waals surface area contributed by atoms with Crippen molar-refractivity contribution < 1.29 is 14.5 Å². The molecule has 1 heterocycles. The molecule has 1 N–H and O–H groups in total. The zero-order valence-electron chi connectivity index (χ0n) is 10.9. The number of fused-ring (bicyclic) bond motifs is 1. The number of rotatable bonds is 4. The number of halogens is 1. The predicted molar refractivity (Wildman–Crippen MR) is 80.0 cm³/mol. The molecule has 0 atom stereocenters. The van der Waals surface area contributed by atoms with Crippen LogP contribution in [-0.2, 0) is 9.59 Å². The third-order valence-electron chi connectivity index (χ3n) is 2.83. The molecular formula is C13H10BrN3O4. The fourth-order valence-corrected chi connectivity index (χ4v) is 2.34. The number of anilines is 1. The Morgan fingerprint density at radius 3 is 2.81 bits per heavy atom. The van der Waals surface area contributed by atoms with E-state index in [0.29, 0.717) is 9.86 Å². The van der Waals surface area contributed by atoms with Crippen molar-refractivity contribution in [2.24, 2.45) is 0 Å². The fourth-order valence-electron chi connectivity index (χ4n) is 1.80. The van der Waals surface area contributed by atoms with Gasteiger partial charge in [0.15, 0.2) is 0 Å². The Labute approximate surface area is 127 Å². The third kappa shape index (κ3) is 2.89. The van der Waals surface area contributed by atoms with Gasteiger partial charge in [-0.2, -0.15) is 0 Å². The van der Waals surface area contributed by atoms with Crippen molar-refractivity contribution in [1.29, 1.82) is 0 Å². The van der Waals surface area contributed by atoms with Gasteiger partial charge >= 0.3 is 0 Å². The maximum atomic E-state index is 11.7. The molecular weight excluding hydrogens is 342 g/mol. The van der Waals surface area contributed by atoms with Crippen LogP contribution in [0.1, 0.15) is 13.3 Å². The number of hydrogen-bond acceptors (Lipinski definition) is 5. The summed E-state index contributed by atoms with van der Waals surface area (Å²) in [6.45, 7) is 1.54. The van der Waals surface area contributed by atoms with Crippen LogP contribution in [0, 0.1) is 10.1 Å². The van der Waals surface area contributed by atoms with Crippen LogP contribution in [0.3, 0.4) is 0 Å². The molecule has 108 valence electrons. The van der Waals surface area contributed by atoms with Gasteiger partial charge in [0.25, 0.3) is 11.6 Å². The van der Waals surface area contributed by atoms with Crippen molar-refractivity contribution >= 4 is 49.9 Å². The van der Waals surface area contributed by atoms with Crippen LogP contribution >= 0.6 is 15.9 Å². The second kappa shape index (κ2) is 5.96. The highest BCUT2D eigenvalue weighted by atomic mass is 79.9. The molecule has 1 aromatic heterocycles. The van der Waals surface area contributed by atoms with Gasteiger partial charge in [-0.15, -0.1) is 0 Å². The molecule has 0 fully saturated rings. The van der Waals surface area contributed by atoms with E-state index in [4.69, 9.17) is 0 Å². The summed E-state index contributed by atoms with van der Waals surface area (Å²) >= 11 is 3.23. The minimum absolute atomic E-state index is 0.0154. The average Bonchev–Trinajstić information content (AvgIpc) is 2.48. The van der Waals surface area contributed by atoms with Crippen LogP contribution in [0.4, 0.5) is 11.4 Å². The maximum Gasteiger partial charge on any atom is 0.296 e. The number of nitrogens with one attached hydrogen (secondary N) is 1. The van der Waals surface area contributed by atoms with Gasteiger partial charge in [-0.3, -0.25) is 24.7 Å². The Bertz CT molecular complexity index is 760. The molecule has 1 amide bonds. The van der Waals surface area contributed by atoms with E-state index >= 15 is 0 Å². The van der Waals surface area contributed by atoms with Gasteiger partial charge in [0.1, 0.15) is 11.2 Å². The number of nitro groups is 1. The number of Topliss-reactive ketones (excluding diaryl/α,β-unsaturated/α-hetero) is 1. The first-order chi connectivity index (χ1) is 9.95. The topological polar surface area (TPSA) is 102 Å². The summed E-state index contributed by atoms with van der Waals surface area (Å²) in [7, 11) is 0. The minimum Gasteiger partial charge on any atom is -0.312 e. The maximum absolute atomic E-state index is 11.7. The standard InChI is InChI=1S/C13H10BrN3O4/c1-2-10(18)13(19)16-12-9(17(20)21)6-8(14)7-4-3-5-15-11(7)12/h3-6H,2H2,1H3,(H,16,19). The van der Waals surface area contributed by atoms with Crippen molar-refractivity contribution in [2.45, 2.75) is 13.3 Å². The first-order valence-corrected chi connectivity index (χ1v) is 6.80. The number of ketones is 1. The molecule has 1 aromatic carbocycles. The van der Waals surface area contributed by atoms with E-state index in [9.17, 15) is 19.7 Å². The molecule has 0 saturated heterocycles. The quantitative estimate of drug-likeness (QED) is 0.518. The summed E-state index contributed by atoms with van der Waals surface area (Å²) in [5.74, 6) is -1.55. The normalized spacial score (nSPS) is 10.4. The lowest BCUT2D eigenvalue weighted by molar-refractivity contribution is -0.383. The molecule has 8 heteroatoms. The summed E-state index contributed by atoms with van der Waals surface area (Å²) in [5, 5.41) is 14.1. The SMILES string of the molecule is CCC(=O)C(=O)Nc1c([N+](=O)[O-])cc(Br)c2cccnc12. The molecule has 0 spiro atoms. The van der Waals surface area contributed by atoms with Gasteiger partial charge in [0, 0.05) is 28.5 Å². The van der Waals surface area contributed by atoms with E-state index in [1.807, 2.05) is 0 Å². The van der Waals surface area contributed by atoms with E-state index in [-0.39, 0.29) is 23.3 Å². The molecule has 0 radical (unpaired) electrons. The molecule has 0 aliphatic carbocycles. The summed E-state index contributed by atoms with van der Waals surface area (Å²) in [6, 6.07) is 4.64. The Kier molecular flexibility index (Phi) is 4.27. The van der Waals surface area contributed by atoms with Crippen LogP contribution in [-0.4, -0.2) is 21.6 Å². The number of benzene rings is 1. The molecule has 2 aromatic rings. The second-order valence-electron chi connectivity index (χ2n) is 4.14. The van der Waals surface area contributed by atoms with Crippen LogP contribution < -0.4 is 5.32 Å². The number of hydrogen-bond donors (Lipinski definition) is 1. The zero-order chi connectivity index (χ0) is 15.6. The minimum atomic E-state index is -0.894. The van der Waals surface area contributed by atoms with Gasteiger partial charge in [-0.25, -0.2) is 0 Å². The summed E-state index contributed by atoms with van der Waals surface area (Å²) in [4.78, 5) is 37.7. The Morgan fingerprint density at radius 2 is 2.19 bits per heavy atom. The Morgan fingerprint density at radius 1 is 1.48 bits per heavy atom. The number of nitrogens with zero attached hydrogens (tertiary/aromatic N) is 2. The predicted octanol–water partition coefficient (Wildman–Crippen LogP) is 2.82. The van der Waals surface area contributed by atoms with Gasteiger partial charge in [-0.05, 0) is 22.0 Å². The highest BCUT2D eigenvalue weighted by Gasteiger charge is 2.23. The number of nitro benzene ring substituents is 1. The molecule has 2 rings (SSSR count). The first kappa shape index (κ1) is 15.0. The van der Waals surface area contributed by atoms with Crippen LogP contribution in [0.5, 0.6) is 0 Å². The Balaban J connectivity index is 2.66. The second-order valence-corrected chi connectivity index (χ2v) is 4.99. The largest absolute Gasteiger partial charge is 0.312 e. The lowest BCUT2D eigenvalue weighted by Crippen LogP contribution is -2.22. The fraction of sp³-hybridized carbons (Fsp3) is 0.154. The number of pyridine rings is 1. The van der Waals surface area contributed by atoms with Gasteiger partial charge in [0.05, 0.1) is 4.92 Å². The number of aromatic nitrogens is 1. The van der Waals surface area contributed by atoms with Crippen molar-refractivity contribution in [2.75, 3.05) is 5.32 Å². The van der Waals surface area contributed by atoms with Crippen LogP contribution in [0.2, 0.25) is 0 Å². The van der Waals surface area contributed by atoms with E-state index in [1.54, 1.807) is 12.1 Å². The van der Waals surface area contributed by atoms with Gasteiger partial charge in [-0.1, -0.05) is 13.0 Å². The first-order valence-electron chi connectivity index (χ1n) is 6.01. The van der Waals surface area contributed by atoms with E-state index < -0.39 is 16.6 Å². The smallest absolute Gasteiger partial charge is 0.296 e. The molecule has 0 unspecified atom stereocenters. The monoisotopic (exact) mass is 351 g/mol. The average molecular weight is 352 g/mol. The van der Waals surface area contributed by atoms with E-state index in [1.165, 1.54) is 19.2 Å². The highest BCUT2D eigenvalue weighted by molar-refractivity contribution is 9.10. The van der Waals surface area contributed by atoms with Gasteiger partial charge < -0.3 is 5.32 Å². The van der Waals surface area contributed by atoms with E-state index in [2.05, 4.69) is 26.2 Å². The number of carbonyl (C=O) groups excluding carboxylic acids is 2. The lowest BCUT2D eigenvalue weighted by Gasteiger charge is -2.09. The highest BCUT2D eigenvalue weighted by Crippen LogP contribution is 2.36. The Hall–Kier alpha value is -2.35. The number of amides is 1. The summed E-state index contributed by atoms with van der Waals surface area (Å²) in [6.07, 6.45) is 1.47. The molecule has 0 bridgehead atoms. The molecule has 0 aliphatic rings. The molecule has 0 aliphatic heterocycles. The van der Waals surface area contributed by atoms with Crippen molar-refractivity contribution in [3.63, 3.8) is 0 Å². The summed E-state index contributed by atoms with van der Waals surface area (Å²) < 4.78 is 0.483. The number of carbonyl (C=O) groups is 2. The third-order valence-corrected chi connectivity index (χ3v) is 3.49. The lowest BCUT2D eigenvalue weighted by atomic mass is 10.1. The van der Waals surface area contributed by atoms with Crippen LogP contribution in [0.15, 0.2) is 28.9 Å². The molecule has 21 heavy (non-hydrogen) atoms. The van der Waals surface area contributed by atoms with Crippen molar-refractivity contribution in [1.82, 2.24) is 4.98 Å².